The molecule has 0 bridgehead atoms. The molecule has 0 aliphatic carbocycles. The molecule has 3 heterocycles. The molecule has 30 heavy (non-hydrogen) atoms. The minimum atomic E-state index is -0.512. The number of aromatic nitrogens is 2. The summed E-state index contributed by atoms with van der Waals surface area (Å²) >= 11 is 0. The lowest BCUT2D eigenvalue weighted by Crippen LogP contribution is -2.50. The number of carbonyl (C=O) groups is 2. The maximum Gasteiger partial charge on any atom is 0.289 e. The lowest BCUT2D eigenvalue weighted by molar-refractivity contribution is -0.146. The van der Waals surface area contributed by atoms with Crippen LogP contribution in [-0.4, -0.2) is 65.4 Å². The van der Waals surface area contributed by atoms with Crippen molar-refractivity contribution in [2.45, 2.75) is 32.7 Å². The predicted molar refractivity (Wildman–Crippen MR) is 110 cm³/mol. The number of H-pyrrole nitrogens is 1. The summed E-state index contributed by atoms with van der Waals surface area (Å²) in [5.74, 6) is 1.62. The summed E-state index contributed by atoms with van der Waals surface area (Å²) in [6.07, 6.45) is 4.05. The first-order valence-electron chi connectivity index (χ1n) is 10.3. The van der Waals surface area contributed by atoms with Gasteiger partial charge in [0.1, 0.15) is 0 Å². The van der Waals surface area contributed by atoms with Crippen LogP contribution in [0.2, 0.25) is 0 Å². The second-order valence-corrected chi connectivity index (χ2v) is 8.15. The predicted octanol–water partition coefficient (Wildman–Crippen LogP) is 2.39. The number of nitrogens with zero attached hydrogens (tertiary/aromatic N) is 3. The van der Waals surface area contributed by atoms with E-state index in [0.717, 1.165) is 24.1 Å². The molecular formula is C22H28N4O4. The Labute approximate surface area is 176 Å². The number of carbonyl (C=O) groups excluding carboxylic acids is 2. The molecule has 8 nitrogen and oxygen atoms in total. The molecule has 8 heteroatoms. The fourth-order valence-electron chi connectivity index (χ4n) is 4.68. The van der Waals surface area contributed by atoms with Gasteiger partial charge in [-0.1, -0.05) is 12.1 Å². The highest BCUT2D eigenvalue weighted by Gasteiger charge is 2.49. The third-order valence-corrected chi connectivity index (χ3v) is 6.22. The minimum Gasteiger partial charge on any atom is -0.493 e. The molecule has 1 aromatic heterocycles. The van der Waals surface area contributed by atoms with Crippen molar-refractivity contribution < 1.29 is 19.1 Å². The normalized spacial score (nSPS) is 21.4. The molecule has 2 fully saturated rings. The first kappa shape index (κ1) is 20.3. The fraction of sp³-hybridized carbons (Fsp3) is 0.500. The van der Waals surface area contributed by atoms with Crippen LogP contribution in [0.4, 0.5) is 0 Å². The van der Waals surface area contributed by atoms with E-state index in [2.05, 4.69) is 9.97 Å². The Balaban J connectivity index is 1.51. The summed E-state index contributed by atoms with van der Waals surface area (Å²) < 4.78 is 10.9. The third kappa shape index (κ3) is 3.51. The summed E-state index contributed by atoms with van der Waals surface area (Å²) in [6.45, 7) is 4.04. The monoisotopic (exact) mass is 412 g/mol. The number of methoxy groups -OCH3 is 2. The highest BCUT2D eigenvalue weighted by atomic mass is 16.5. The SMILES string of the molecule is COc1cccc(CN2CCC[C@]3(CCN(C(=O)c4ncc(C)[nH]4)C3)C2=O)c1OC. The van der Waals surface area contributed by atoms with Crippen LogP contribution in [0.5, 0.6) is 11.5 Å². The van der Waals surface area contributed by atoms with E-state index >= 15 is 0 Å². The molecule has 2 aliphatic rings. The van der Waals surface area contributed by atoms with Crippen LogP contribution >= 0.6 is 0 Å². The number of aromatic amines is 1. The first-order valence-corrected chi connectivity index (χ1v) is 10.3. The van der Waals surface area contributed by atoms with E-state index in [-0.39, 0.29) is 11.8 Å². The van der Waals surface area contributed by atoms with E-state index < -0.39 is 5.41 Å². The molecule has 1 spiro atoms. The number of hydrogen-bond donors (Lipinski definition) is 1. The summed E-state index contributed by atoms with van der Waals surface area (Å²) in [6, 6.07) is 5.71. The maximum absolute atomic E-state index is 13.5. The van der Waals surface area contributed by atoms with Gasteiger partial charge in [-0.2, -0.15) is 0 Å². The van der Waals surface area contributed by atoms with Crippen LogP contribution in [0.1, 0.15) is 41.1 Å². The van der Waals surface area contributed by atoms with Crippen molar-refractivity contribution >= 4 is 11.8 Å². The van der Waals surface area contributed by atoms with Gasteiger partial charge >= 0.3 is 0 Å². The summed E-state index contributed by atoms with van der Waals surface area (Å²) in [5, 5.41) is 0. The number of piperidine rings is 1. The van der Waals surface area contributed by atoms with Gasteiger partial charge in [0.25, 0.3) is 5.91 Å². The Bertz CT molecular complexity index is 956. The molecule has 4 rings (SSSR count). The van der Waals surface area contributed by atoms with Gasteiger partial charge < -0.3 is 24.3 Å². The van der Waals surface area contributed by atoms with Gasteiger partial charge in [0.05, 0.1) is 19.6 Å². The average molecular weight is 412 g/mol. The van der Waals surface area contributed by atoms with E-state index in [1.165, 1.54) is 0 Å². The van der Waals surface area contributed by atoms with Crippen molar-refractivity contribution in [1.82, 2.24) is 19.8 Å². The largest absolute Gasteiger partial charge is 0.493 e. The van der Waals surface area contributed by atoms with Gasteiger partial charge in [0.15, 0.2) is 17.3 Å². The smallest absolute Gasteiger partial charge is 0.289 e. The van der Waals surface area contributed by atoms with E-state index in [1.54, 1.807) is 25.3 Å². The second kappa shape index (κ2) is 8.01. The number of hydrogen-bond acceptors (Lipinski definition) is 5. The Morgan fingerprint density at radius 3 is 2.77 bits per heavy atom. The van der Waals surface area contributed by atoms with Crippen molar-refractivity contribution in [1.29, 1.82) is 0 Å². The van der Waals surface area contributed by atoms with Gasteiger partial charge in [-0.3, -0.25) is 9.59 Å². The van der Waals surface area contributed by atoms with Crippen LogP contribution in [0, 0.1) is 12.3 Å². The molecule has 0 unspecified atom stereocenters. The average Bonchev–Trinajstić information content (AvgIpc) is 3.38. The van der Waals surface area contributed by atoms with E-state index in [4.69, 9.17) is 9.47 Å². The number of benzene rings is 1. The lowest BCUT2D eigenvalue weighted by Gasteiger charge is -2.39. The topological polar surface area (TPSA) is 87.8 Å². The zero-order chi connectivity index (χ0) is 21.3. The number of amides is 2. The van der Waals surface area contributed by atoms with E-state index in [0.29, 0.717) is 49.9 Å². The molecule has 2 aliphatic heterocycles. The first-order chi connectivity index (χ1) is 14.5. The molecule has 1 atom stereocenters. The lowest BCUT2D eigenvalue weighted by atomic mass is 9.78. The van der Waals surface area contributed by atoms with Crippen LogP contribution in [0.15, 0.2) is 24.4 Å². The number of imidazole rings is 1. The van der Waals surface area contributed by atoms with Crippen molar-refractivity contribution in [3.63, 3.8) is 0 Å². The highest BCUT2D eigenvalue weighted by molar-refractivity contribution is 5.92. The van der Waals surface area contributed by atoms with Gasteiger partial charge in [-0.05, 0) is 32.3 Å². The molecule has 2 aromatic rings. The highest BCUT2D eigenvalue weighted by Crippen LogP contribution is 2.41. The quantitative estimate of drug-likeness (QED) is 0.815. The van der Waals surface area contributed by atoms with Gasteiger partial charge in [-0.25, -0.2) is 4.98 Å². The zero-order valence-electron chi connectivity index (χ0n) is 17.7. The Morgan fingerprint density at radius 1 is 1.23 bits per heavy atom. The standard InChI is InChI=1S/C22H28N4O4/c1-15-12-23-19(24-15)20(27)26-11-9-22(14-26)8-5-10-25(21(22)28)13-16-6-4-7-17(29-2)18(16)30-3/h4,6-7,12H,5,8-11,13-14H2,1-3H3,(H,23,24)/t22-/m1/s1. The molecule has 160 valence electrons. The van der Waals surface area contributed by atoms with Crippen LogP contribution in [-0.2, 0) is 11.3 Å². The second-order valence-electron chi connectivity index (χ2n) is 8.15. The molecule has 1 N–H and O–H groups in total. The summed E-state index contributed by atoms with van der Waals surface area (Å²) in [7, 11) is 3.21. The third-order valence-electron chi connectivity index (χ3n) is 6.22. The van der Waals surface area contributed by atoms with E-state index in [9.17, 15) is 9.59 Å². The van der Waals surface area contributed by atoms with Crippen molar-refractivity contribution in [2.75, 3.05) is 33.9 Å². The molecule has 0 saturated carbocycles. The van der Waals surface area contributed by atoms with Crippen LogP contribution in [0.25, 0.3) is 0 Å². The fourth-order valence-corrected chi connectivity index (χ4v) is 4.68. The number of rotatable bonds is 5. The molecule has 0 radical (unpaired) electrons. The summed E-state index contributed by atoms with van der Waals surface area (Å²) in [4.78, 5) is 37.1. The van der Waals surface area contributed by atoms with Gasteiger partial charge in [-0.15, -0.1) is 0 Å². The van der Waals surface area contributed by atoms with Crippen LogP contribution in [0.3, 0.4) is 0 Å². The zero-order valence-corrected chi connectivity index (χ0v) is 17.7. The number of aryl methyl sites for hydroxylation is 1. The number of likely N-dealkylation sites (tertiary alicyclic amines) is 2. The number of ether oxygens (including phenoxy) is 2. The van der Waals surface area contributed by atoms with Gasteiger partial charge in [0, 0.05) is 43.6 Å². The van der Waals surface area contributed by atoms with Crippen molar-refractivity contribution in [2.24, 2.45) is 5.41 Å². The Morgan fingerprint density at radius 2 is 2.07 bits per heavy atom. The molecular weight excluding hydrogens is 384 g/mol. The summed E-state index contributed by atoms with van der Waals surface area (Å²) in [5.41, 5.74) is 1.25. The number of nitrogens with one attached hydrogen (secondary N) is 1. The maximum atomic E-state index is 13.5. The van der Waals surface area contributed by atoms with Gasteiger partial charge in [0.2, 0.25) is 5.91 Å². The van der Waals surface area contributed by atoms with Crippen molar-refractivity contribution in [3.8, 4) is 11.5 Å². The minimum absolute atomic E-state index is 0.115. The molecule has 2 saturated heterocycles. The Hall–Kier alpha value is -3.03. The molecule has 1 aromatic carbocycles. The van der Waals surface area contributed by atoms with Crippen LogP contribution < -0.4 is 9.47 Å². The number of para-hydroxylation sites is 1. The van der Waals surface area contributed by atoms with E-state index in [1.807, 2.05) is 30.0 Å². The Kier molecular flexibility index (Phi) is 5.40. The van der Waals surface area contributed by atoms with Crippen molar-refractivity contribution in [3.05, 3.63) is 41.5 Å². The molecule has 2 amide bonds.